The minimum atomic E-state index is -3.56. The second kappa shape index (κ2) is 7.46. The first kappa shape index (κ1) is 18.4. The first-order valence-electron chi connectivity index (χ1n) is 8.27. The summed E-state index contributed by atoms with van der Waals surface area (Å²) < 4.78 is 40.2. The number of nitrogens with one attached hydrogen (secondary N) is 1. The average molecular weight is 379 g/mol. The lowest BCUT2D eigenvalue weighted by Gasteiger charge is -2.37. The average Bonchev–Trinajstić information content (AvgIpc) is 2.63. The summed E-state index contributed by atoms with van der Waals surface area (Å²) in [5, 5.41) is 0. The predicted molar refractivity (Wildman–Crippen MR) is 101 cm³/mol. The molecule has 3 rings (SSSR count). The Bertz CT molecular complexity index is 832. The van der Waals surface area contributed by atoms with Gasteiger partial charge in [-0.15, -0.1) is 0 Å². The van der Waals surface area contributed by atoms with Gasteiger partial charge in [0, 0.05) is 46.0 Å². The number of pyridine rings is 1. The smallest absolute Gasteiger partial charge is 0.302 e. The zero-order valence-corrected chi connectivity index (χ0v) is 15.6. The molecule has 1 aliphatic heterocycles. The largest absolute Gasteiger partial charge is 0.368 e. The third-order valence-electron chi connectivity index (χ3n) is 4.30. The highest BCUT2D eigenvalue weighted by Gasteiger charge is 2.18. The molecule has 2 heterocycles. The molecule has 0 radical (unpaired) electrons. The van der Waals surface area contributed by atoms with Gasteiger partial charge in [0.1, 0.15) is 11.6 Å². The zero-order valence-electron chi connectivity index (χ0n) is 14.8. The lowest BCUT2D eigenvalue weighted by Crippen LogP contribution is -2.46. The fraction of sp³-hybridized carbons (Fsp3) is 0.353. The maximum Gasteiger partial charge on any atom is 0.302 e. The van der Waals surface area contributed by atoms with E-state index in [9.17, 15) is 12.8 Å². The highest BCUT2D eigenvalue weighted by Crippen LogP contribution is 2.21. The van der Waals surface area contributed by atoms with Crippen LogP contribution in [0.5, 0.6) is 0 Å². The normalized spacial score (nSPS) is 15.4. The summed E-state index contributed by atoms with van der Waals surface area (Å²) in [5.41, 5.74) is 1.95. The Morgan fingerprint density at radius 1 is 0.962 bits per heavy atom. The SMILES string of the molecule is CN(C)S(=O)(=O)Nc1ccc(N2CCN(c3ccc(F)cc3)CC2)cn1. The second-order valence-electron chi connectivity index (χ2n) is 6.24. The van der Waals surface area contributed by atoms with Crippen molar-refractivity contribution in [2.75, 3.05) is 54.8 Å². The molecular formula is C17H22FN5O2S. The van der Waals surface area contributed by atoms with Crippen molar-refractivity contribution in [3.8, 4) is 0 Å². The third kappa shape index (κ3) is 4.23. The fourth-order valence-electron chi connectivity index (χ4n) is 2.73. The van der Waals surface area contributed by atoms with Crippen LogP contribution in [0.15, 0.2) is 42.6 Å². The molecule has 0 spiro atoms. The number of benzene rings is 1. The highest BCUT2D eigenvalue weighted by atomic mass is 32.2. The Morgan fingerprint density at radius 2 is 1.50 bits per heavy atom. The van der Waals surface area contributed by atoms with E-state index >= 15 is 0 Å². The molecule has 1 aliphatic rings. The van der Waals surface area contributed by atoms with Crippen molar-refractivity contribution in [2.24, 2.45) is 0 Å². The van der Waals surface area contributed by atoms with Crippen LogP contribution in [0, 0.1) is 5.82 Å². The Kier molecular flexibility index (Phi) is 5.28. The molecule has 0 amide bonds. The molecule has 0 unspecified atom stereocenters. The number of aromatic nitrogens is 1. The summed E-state index contributed by atoms with van der Waals surface area (Å²) in [4.78, 5) is 8.60. The maximum absolute atomic E-state index is 13.0. The van der Waals surface area contributed by atoms with Crippen molar-refractivity contribution in [1.82, 2.24) is 9.29 Å². The monoisotopic (exact) mass is 379 g/mol. The molecule has 2 aromatic rings. The van der Waals surface area contributed by atoms with E-state index in [1.165, 1.54) is 26.2 Å². The molecule has 0 bridgehead atoms. The third-order valence-corrected chi connectivity index (χ3v) is 5.73. The van der Waals surface area contributed by atoms with E-state index in [1.807, 2.05) is 6.07 Å². The Balaban J connectivity index is 1.60. The fourth-order valence-corrected chi connectivity index (χ4v) is 3.30. The molecule has 7 nitrogen and oxygen atoms in total. The minimum absolute atomic E-state index is 0.233. The number of nitrogens with zero attached hydrogens (tertiary/aromatic N) is 4. The van der Waals surface area contributed by atoms with Crippen LogP contribution in [0.2, 0.25) is 0 Å². The topological polar surface area (TPSA) is 68.8 Å². The molecule has 1 aromatic heterocycles. The van der Waals surface area contributed by atoms with Gasteiger partial charge in [-0.3, -0.25) is 4.72 Å². The summed E-state index contributed by atoms with van der Waals surface area (Å²) in [6.07, 6.45) is 1.67. The molecular weight excluding hydrogens is 357 g/mol. The zero-order chi connectivity index (χ0) is 18.7. The van der Waals surface area contributed by atoms with Crippen molar-refractivity contribution in [3.63, 3.8) is 0 Å². The van der Waals surface area contributed by atoms with Crippen LogP contribution in [0.25, 0.3) is 0 Å². The summed E-state index contributed by atoms with van der Waals surface area (Å²) in [5.74, 6) is 0.0517. The van der Waals surface area contributed by atoms with Crippen LogP contribution in [0.4, 0.5) is 21.6 Å². The molecule has 1 saturated heterocycles. The molecule has 9 heteroatoms. The molecule has 1 N–H and O–H groups in total. The van der Waals surface area contributed by atoms with Crippen molar-refractivity contribution in [3.05, 3.63) is 48.4 Å². The van der Waals surface area contributed by atoms with Crippen molar-refractivity contribution >= 4 is 27.4 Å². The van der Waals surface area contributed by atoms with Gasteiger partial charge >= 0.3 is 10.2 Å². The van der Waals surface area contributed by atoms with Gasteiger partial charge in [-0.1, -0.05) is 0 Å². The van der Waals surface area contributed by atoms with Crippen LogP contribution in [0.1, 0.15) is 0 Å². The van der Waals surface area contributed by atoms with E-state index in [0.717, 1.165) is 41.9 Å². The lowest BCUT2D eigenvalue weighted by molar-refractivity contribution is 0.526. The van der Waals surface area contributed by atoms with Gasteiger partial charge in [-0.05, 0) is 36.4 Å². The minimum Gasteiger partial charge on any atom is -0.368 e. The van der Waals surface area contributed by atoms with E-state index in [2.05, 4.69) is 19.5 Å². The van der Waals surface area contributed by atoms with Gasteiger partial charge in [-0.2, -0.15) is 12.7 Å². The number of hydrogen-bond acceptors (Lipinski definition) is 5. The van der Waals surface area contributed by atoms with Crippen LogP contribution in [-0.2, 0) is 10.2 Å². The van der Waals surface area contributed by atoms with Gasteiger partial charge in [-0.25, -0.2) is 9.37 Å². The van der Waals surface area contributed by atoms with E-state index < -0.39 is 10.2 Å². The highest BCUT2D eigenvalue weighted by molar-refractivity contribution is 7.90. The second-order valence-corrected chi connectivity index (χ2v) is 8.13. The van der Waals surface area contributed by atoms with Crippen LogP contribution in [0.3, 0.4) is 0 Å². The Hall–Kier alpha value is -2.39. The Morgan fingerprint density at radius 3 is 2.00 bits per heavy atom. The predicted octanol–water partition coefficient (Wildman–Crippen LogP) is 1.77. The number of anilines is 3. The molecule has 0 atom stereocenters. The van der Waals surface area contributed by atoms with Gasteiger partial charge in [0.2, 0.25) is 0 Å². The number of rotatable bonds is 5. The summed E-state index contributed by atoms with van der Waals surface area (Å²) in [6, 6.07) is 10.0. The van der Waals surface area contributed by atoms with Crippen molar-refractivity contribution in [2.45, 2.75) is 0 Å². The number of halogens is 1. The summed E-state index contributed by atoms with van der Waals surface area (Å²) in [6.45, 7) is 3.25. The van der Waals surface area contributed by atoms with Gasteiger partial charge in [0.15, 0.2) is 0 Å². The standard InChI is InChI=1S/C17H22FN5O2S/c1-21(2)26(24,25)20-17-8-7-16(13-19-17)23-11-9-22(10-12-23)15-5-3-14(18)4-6-15/h3-8,13H,9-12H2,1-2H3,(H,19,20). The maximum atomic E-state index is 13.0. The van der Waals surface area contributed by atoms with E-state index in [0.29, 0.717) is 0 Å². The van der Waals surface area contributed by atoms with Crippen molar-refractivity contribution in [1.29, 1.82) is 0 Å². The molecule has 26 heavy (non-hydrogen) atoms. The van der Waals surface area contributed by atoms with Crippen LogP contribution >= 0.6 is 0 Å². The van der Waals surface area contributed by atoms with E-state index in [4.69, 9.17) is 0 Å². The summed E-state index contributed by atoms with van der Waals surface area (Å²) in [7, 11) is -0.645. The van der Waals surface area contributed by atoms with E-state index in [-0.39, 0.29) is 11.6 Å². The molecule has 140 valence electrons. The van der Waals surface area contributed by atoms with Crippen LogP contribution in [-0.4, -0.2) is 58.0 Å². The number of piperazine rings is 1. The molecule has 1 aromatic carbocycles. The molecule has 1 fully saturated rings. The van der Waals surface area contributed by atoms with Gasteiger partial charge in [0.25, 0.3) is 0 Å². The Labute approximate surface area is 153 Å². The number of hydrogen-bond donors (Lipinski definition) is 1. The molecule has 0 aliphatic carbocycles. The molecule has 0 saturated carbocycles. The first-order valence-corrected chi connectivity index (χ1v) is 9.71. The van der Waals surface area contributed by atoms with Gasteiger partial charge < -0.3 is 9.80 Å². The van der Waals surface area contributed by atoms with E-state index in [1.54, 1.807) is 24.4 Å². The summed E-state index contributed by atoms with van der Waals surface area (Å²) >= 11 is 0. The lowest BCUT2D eigenvalue weighted by atomic mass is 10.2. The van der Waals surface area contributed by atoms with Gasteiger partial charge in [0.05, 0.1) is 11.9 Å². The quantitative estimate of drug-likeness (QED) is 0.858. The van der Waals surface area contributed by atoms with Crippen molar-refractivity contribution < 1.29 is 12.8 Å². The first-order chi connectivity index (χ1) is 12.3. The van der Waals surface area contributed by atoms with Crippen LogP contribution < -0.4 is 14.5 Å².